The van der Waals surface area contributed by atoms with Crippen molar-refractivity contribution in [1.82, 2.24) is 9.88 Å². The summed E-state index contributed by atoms with van der Waals surface area (Å²) in [5, 5.41) is 2.78. The summed E-state index contributed by atoms with van der Waals surface area (Å²) in [5.41, 5.74) is 0. The molecule has 0 unspecified atom stereocenters. The maximum absolute atomic E-state index is 11.9. The van der Waals surface area contributed by atoms with E-state index in [9.17, 15) is 4.79 Å². The van der Waals surface area contributed by atoms with Crippen LogP contribution in [0, 0.1) is 0 Å². The number of amides is 1. The Morgan fingerprint density at radius 3 is 3.17 bits per heavy atom. The van der Waals surface area contributed by atoms with Crippen LogP contribution >= 0.6 is 15.9 Å². The van der Waals surface area contributed by atoms with Crippen LogP contribution in [0.25, 0.3) is 0 Å². The SMILES string of the molecule is C[C@@H]1COCCN1CC(=O)Nc1ccc(Br)cn1. The molecule has 1 saturated heterocycles. The molecule has 1 amide bonds. The molecule has 18 heavy (non-hydrogen) atoms. The van der Waals surface area contributed by atoms with Crippen molar-refractivity contribution in [3.63, 3.8) is 0 Å². The van der Waals surface area contributed by atoms with Crippen molar-refractivity contribution in [2.24, 2.45) is 0 Å². The summed E-state index contributed by atoms with van der Waals surface area (Å²) in [7, 11) is 0. The highest BCUT2D eigenvalue weighted by Gasteiger charge is 2.21. The quantitative estimate of drug-likeness (QED) is 0.919. The van der Waals surface area contributed by atoms with Gasteiger partial charge in [0.1, 0.15) is 5.82 Å². The van der Waals surface area contributed by atoms with Gasteiger partial charge in [-0.15, -0.1) is 0 Å². The van der Waals surface area contributed by atoms with Gasteiger partial charge in [0, 0.05) is 23.3 Å². The van der Waals surface area contributed by atoms with Crippen LogP contribution in [0.3, 0.4) is 0 Å². The third-order valence-corrected chi connectivity index (χ3v) is 3.32. The monoisotopic (exact) mass is 313 g/mol. The van der Waals surface area contributed by atoms with Gasteiger partial charge < -0.3 is 10.1 Å². The first kappa shape index (κ1) is 13.5. The van der Waals surface area contributed by atoms with E-state index in [-0.39, 0.29) is 11.9 Å². The Labute approximate surface area is 115 Å². The van der Waals surface area contributed by atoms with Gasteiger partial charge in [-0.1, -0.05) is 0 Å². The molecule has 0 aliphatic carbocycles. The predicted octanol–water partition coefficient (Wildman–Crippen LogP) is 1.50. The Kier molecular flexibility index (Phi) is 4.68. The van der Waals surface area contributed by atoms with Crippen molar-refractivity contribution in [2.75, 3.05) is 31.6 Å². The minimum Gasteiger partial charge on any atom is -0.379 e. The number of halogens is 1. The topological polar surface area (TPSA) is 54.5 Å². The van der Waals surface area contributed by atoms with E-state index in [0.717, 1.165) is 11.0 Å². The van der Waals surface area contributed by atoms with Gasteiger partial charge in [0.25, 0.3) is 0 Å². The summed E-state index contributed by atoms with van der Waals surface area (Å²) in [6, 6.07) is 3.90. The fourth-order valence-corrected chi connectivity index (χ4v) is 2.05. The molecule has 6 heteroatoms. The van der Waals surface area contributed by atoms with Crippen LogP contribution in [0.5, 0.6) is 0 Å². The van der Waals surface area contributed by atoms with Gasteiger partial charge >= 0.3 is 0 Å². The lowest BCUT2D eigenvalue weighted by molar-refractivity contribution is -0.119. The van der Waals surface area contributed by atoms with Crippen LogP contribution in [0.15, 0.2) is 22.8 Å². The van der Waals surface area contributed by atoms with Crippen LogP contribution in [-0.4, -0.2) is 48.1 Å². The smallest absolute Gasteiger partial charge is 0.239 e. The number of nitrogens with one attached hydrogen (secondary N) is 1. The fourth-order valence-electron chi connectivity index (χ4n) is 1.81. The highest BCUT2D eigenvalue weighted by atomic mass is 79.9. The molecule has 1 N–H and O–H groups in total. The lowest BCUT2D eigenvalue weighted by Gasteiger charge is -2.32. The molecule has 0 spiro atoms. The lowest BCUT2D eigenvalue weighted by Crippen LogP contribution is -2.47. The van der Waals surface area contributed by atoms with Gasteiger partial charge in [-0.2, -0.15) is 0 Å². The van der Waals surface area contributed by atoms with Gasteiger partial charge in [-0.25, -0.2) is 4.98 Å². The minimum atomic E-state index is -0.0430. The third-order valence-electron chi connectivity index (χ3n) is 2.85. The molecule has 0 radical (unpaired) electrons. The summed E-state index contributed by atoms with van der Waals surface area (Å²) >= 11 is 3.30. The molecule has 1 aliphatic rings. The molecule has 2 rings (SSSR count). The summed E-state index contributed by atoms with van der Waals surface area (Å²) in [6.07, 6.45) is 1.66. The number of rotatable bonds is 3. The lowest BCUT2D eigenvalue weighted by atomic mass is 10.2. The Hall–Kier alpha value is -0.980. The maximum atomic E-state index is 11.9. The molecule has 1 aromatic rings. The molecule has 1 aromatic heterocycles. The first-order valence-electron chi connectivity index (χ1n) is 5.88. The van der Waals surface area contributed by atoms with Crippen LogP contribution in [-0.2, 0) is 9.53 Å². The molecule has 98 valence electrons. The number of anilines is 1. The van der Waals surface area contributed by atoms with E-state index in [1.54, 1.807) is 12.3 Å². The Morgan fingerprint density at radius 2 is 2.50 bits per heavy atom. The zero-order chi connectivity index (χ0) is 13.0. The molecule has 5 nitrogen and oxygen atoms in total. The molecule has 1 fully saturated rings. The van der Waals surface area contributed by atoms with E-state index in [1.807, 2.05) is 6.07 Å². The number of carbonyl (C=O) groups excluding carboxylic acids is 1. The van der Waals surface area contributed by atoms with E-state index >= 15 is 0 Å². The molecular formula is C12H16BrN3O2. The van der Waals surface area contributed by atoms with Crippen molar-refractivity contribution in [3.05, 3.63) is 22.8 Å². The second kappa shape index (κ2) is 6.26. The summed E-state index contributed by atoms with van der Waals surface area (Å²) < 4.78 is 6.23. The average molecular weight is 314 g/mol. The van der Waals surface area contributed by atoms with Gasteiger partial charge in [-0.3, -0.25) is 9.69 Å². The van der Waals surface area contributed by atoms with Crippen molar-refractivity contribution in [3.8, 4) is 0 Å². The van der Waals surface area contributed by atoms with E-state index in [1.165, 1.54) is 0 Å². The number of ether oxygens (including phenoxy) is 1. The number of pyridine rings is 1. The number of hydrogen-bond acceptors (Lipinski definition) is 4. The minimum absolute atomic E-state index is 0.0430. The Bertz CT molecular complexity index is 410. The highest BCUT2D eigenvalue weighted by molar-refractivity contribution is 9.10. The van der Waals surface area contributed by atoms with E-state index < -0.39 is 0 Å². The summed E-state index contributed by atoms with van der Waals surface area (Å²) in [6.45, 7) is 4.60. The maximum Gasteiger partial charge on any atom is 0.239 e. The third kappa shape index (κ3) is 3.76. The molecule has 0 saturated carbocycles. The normalized spacial score (nSPS) is 20.7. The average Bonchev–Trinajstić information content (AvgIpc) is 2.35. The highest BCUT2D eigenvalue weighted by Crippen LogP contribution is 2.11. The first-order chi connectivity index (χ1) is 8.65. The number of carbonyl (C=O) groups is 1. The first-order valence-corrected chi connectivity index (χ1v) is 6.67. The number of morpholine rings is 1. The van der Waals surface area contributed by atoms with Crippen molar-refractivity contribution < 1.29 is 9.53 Å². The zero-order valence-corrected chi connectivity index (χ0v) is 11.8. The van der Waals surface area contributed by atoms with Crippen LogP contribution in [0.2, 0.25) is 0 Å². The van der Waals surface area contributed by atoms with E-state index in [0.29, 0.717) is 25.6 Å². The van der Waals surface area contributed by atoms with Crippen LogP contribution in [0.4, 0.5) is 5.82 Å². The summed E-state index contributed by atoms with van der Waals surface area (Å²) in [5.74, 6) is 0.530. The van der Waals surface area contributed by atoms with Crippen molar-refractivity contribution >= 4 is 27.7 Å². The molecular weight excluding hydrogens is 298 g/mol. The van der Waals surface area contributed by atoms with Crippen LogP contribution < -0.4 is 5.32 Å². The number of aromatic nitrogens is 1. The molecule has 2 heterocycles. The number of nitrogens with zero attached hydrogens (tertiary/aromatic N) is 2. The van der Waals surface area contributed by atoms with Crippen LogP contribution in [0.1, 0.15) is 6.92 Å². The van der Waals surface area contributed by atoms with Crippen molar-refractivity contribution in [1.29, 1.82) is 0 Å². The zero-order valence-electron chi connectivity index (χ0n) is 10.2. The fraction of sp³-hybridized carbons (Fsp3) is 0.500. The second-order valence-electron chi connectivity index (χ2n) is 4.30. The van der Waals surface area contributed by atoms with Gasteiger partial charge in [0.2, 0.25) is 5.91 Å². The predicted molar refractivity (Wildman–Crippen MR) is 72.4 cm³/mol. The second-order valence-corrected chi connectivity index (χ2v) is 5.22. The Morgan fingerprint density at radius 1 is 1.67 bits per heavy atom. The molecule has 1 aliphatic heterocycles. The van der Waals surface area contributed by atoms with Crippen molar-refractivity contribution in [2.45, 2.75) is 13.0 Å². The Balaban J connectivity index is 1.86. The standard InChI is InChI=1S/C12H16BrN3O2/c1-9-8-18-5-4-16(9)7-12(17)15-11-3-2-10(13)6-14-11/h2-3,6,9H,4-5,7-8H2,1H3,(H,14,15,17)/t9-/m1/s1. The van der Waals surface area contributed by atoms with Gasteiger partial charge in [0.15, 0.2) is 0 Å². The molecule has 0 bridgehead atoms. The largest absolute Gasteiger partial charge is 0.379 e. The van der Waals surface area contributed by atoms with E-state index in [4.69, 9.17) is 4.74 Å². The summed E-state index contributed by atoms with van der Waals surface area (Å²) in [4.78, 5) is 18.1. The van der Waals surface area contributed by atoms with Gasteiger partial charge in [-0.05, 0) is 35.0 Å². The molecule has 1 atom stereocenters. The van der Waals surface area contributed by atoms with Gasteiger partial charge in [0.05, 0.1) is 19.8 Å². The molecule has 0 aromatic carbocycles. The number of hydrogen-bond donors (Lipinski definition) is 1. The van der Waals surface area contributed by atoms with E-state index in [2.05, 4.69) is 38.1 Å².